The molecule has 0 aromatic heterocycles. The van der Waals surface area contributed by atoms with Gasteiger partial charge in [-0.1, -0.05) is 15.9 Å². The maximum atomic E-state index is 13.4. The van der Waals surface area contributed by atoms with Crippen molar-refractivity contribution in [3.8, 4) is 5.75 Å². The molecule has 5 nitrogen and oxygen atoms in total. The van der Waals surface area contributed by atoms with Gasteiger partial charge in [-0.05, 0) is 30.3 Å². The summed E-state index contributed by atoms with van der Waals surface area (Å²) in [6.45, 7) is -0.816. The summed E-state index contributed by atoms with van der Waals surface area (Å²) in [6.07, 6.45) is 0. The number of esters is 1. The van der Waals surface area contributed by atoms with Crippen molar-refractivity contribution in [1.29, 1.82) is 0 Å². The zero-order valence-corrected chi connectivity index (χ0v) is 13.4. The Balaban J connectivity index is 2.00. The molecule has 24 heavy (non-hydrogen) atoms. The molecule has 0 saturated heterocycles. The maximum Gasteiger partial charge on any atom is 0.342 e. The Labute approximate surface area is 142 Å². The van der Waals surface area contributed by atoms with Crippen molar-refractivity contribution in [3.63, 3.8) is 0 Å². The van der Waals surface area contributed by atoms with Crippen LogP contribution >= 0.6 is 15.9 Å². The number of carbonyl (C=O) groups is 2. The van der Waals surface area contributed by atoms with Crippen molar-refractivity contribution < 1.29 is 32.6 Å². The molecule has 0 bridgehead atoms. The number of hydrogen-bond acceptors (Lipinski definition) is 4. The van der Waals surface area contributed by atoms with Crippen LogP contribution in [0.15, 0.2) is 34.8 Å². The summed E-state index contributed by atoms with van der Waals surface area (Å²) in [7, 11) is 0. The van der Waals surface area contributed by atoms with Gasteiger partial charge < -0.3 is 15.2 Å². The summed E-state index contributed by atoms with van der Waals surface area (Å²) >= 11 is 3.10. The highest BCUT2D eigenvalue weighted by Gasteiger charge is 2.18. The summed E-state index contributed by atoms with van der Waals surface area (Å²) in [5.74, 6) is -7.02. The topological polar surface area (TPSA) is 75.6 Å². The van der Waals surface area contributed by atoms with E-state index in [4.69, 9.17) is 0 Å². The lowest BCUT2D eigenvalue weighted by Gasteiger charge is -2.09. The van der Waals surface area contributed by atoms with Crippen molar-refractivity contribution in [3.05, 3.63) is 57.8 Å². The number of nitrogens with one attached hydrogen (secondary N) is 1. The number of anilines is 1. The highest BCUT2D eigenvalue weighted by molar-refractivity contribution is 9.10. The van der Waals surface area contributed by atoms with E-state index in [-0.39, 0.29) is 11.3 Å². The van der Waals surface area contributed by atoms with Crippen LogP contribution in [-0.4, -0.2) is 23.6 Å². The molecule has 2 aromatic rings. The molecule has 2 rings (SSSR count). The number of benzene rings is 2. The van der Waals surface area contributed by atoms with E-state index in [0.717, 1.165) is 6.07 Å². The first kappa shape index (κ1) is 17.8. The molecule has 2 N–H and O–H groups in total. The third-order valence-corrected chi connectivity index (χ3v) is 3.32. The number of rotatable bonds is 4. The zero-order chi connectivity index (χ0) is 17.9. The maximum absolute atomic E-state index is 13.4. The number of ether oxygens (including phenoxy) is 1. The standard InChI is InChI=1S/C15H9BrF3NO4/c16-7-1-4-11(21)8(5-7)15(23)24-6-12(22)20-10-3-2-9(17)13(18)14(10)19/h1-5,21H,6H2,(H,20,22). The highest BCUT2D eigenvalue weighted by atomic mass is 79.9. The lowest BCUT2D eigenvalue weighted by Crippen LogP contribution is -2.21. The number of phenolic OH excluding ortho intramolecular Hbond substituents is 1. The van der Waals surface area contributed by atoms with Crippen LogP contribution in [0.4, 0.5) is 18.9 Å². The van der Waals surface area contributed by atoms with E-state index < -0.39 is 41.6 Å². The molecule has 1 amide bonds. The molecular weight excluding hydrogens is 395 g/mol. The third-order valence-electron chi connectivity index (χ3n) is 2.82. The average molecular weight is 404 g/mol. The number of aromatic hydroxyl groups is 1. The van der Waals surface area contributed by atoms with Crippen LogP contribution in [-0.2, 0) is 9.53 Å². The Morgan fingerprint density at radius 2 is 1.83 bits per heavy atom. The van der Waals surface area contributed by atoms with Crippen LogP contribution in [0, 0.1) is 17.5 Å². The molecule has 0 aliphatic carbocycles. The summed E-state index contributed by atoms with van der Waals surface area (Å²) < 4.78 is 44.4. The average Bonchev–Trinajstić information content (AvgIpc) is 2.55. The zero-order valence-electron chi connectivity index (χ0n) is 11.8. The summed E-state index contributed by atoms with van der Waals surface area (Å²) in [4.78, 5) is 23.4. The van der Waals surface area contributed by atoms with Gasteiger partial charge in [0.25, 0.3) is 5.91 Å². The van der Waals surface area contributed by atoms with Gasteiger partial charge in [0, 0.05) is 4.47 Å². The summed E-state index contributed by atoms with van der Waals surface area (Å²) in [5.41, 5.74) is -0.781. The number of amides is 1. The van der Waals surface area contributed by atoms with Crippen LogP contribution in [0.25, 0.3) is 0 Å². The van der Waals surface area contributed by atoms with Gasteiger partial charge in [-0.25, -0.2) is 18.0 Å². The van der Waals surface area contributed by atoms with Crippen molar-refractivity contribution in [2.24, 2.45) is 0 Å². The van der Waals surface area contributed by atoms with Crippen LogP contribution in [0.3, 0.4) is 0 Å². The number of phenols is 1. The Kier molecular flexibility index (Phi) is 5.45. The van der Waals surface area contributed by atoms with Crippen molar-refractivity contribution in [2.75, 3.05) is 11.9 Å². The van der Waals surface area contributed by atoms with E-state index in [1.54, 1.807) is 0 Å². The van der Waals surface area contributed by atoms with E-state index in [9.17, 15) is 27.9 Å². The molecule has 0 fully saturated rings. The fourth-order valence-electron chi connectivity index (χ4n) is 1.69. The van der Waals surface area contributed by atoms with E-state index >= 15 is 0 Å². The molecule has 0 atom stereocenters. The first-order valence-corrected chi connectivity index (χ1v) is 7.18. The van der Waals surface area contributed by atoms with Crippen molar-refractivity contribution in [1.82, 2.24) is 0 Å². The highest BCUT2D eigenvalue weighted by Crippen LogP contribution is 2.23. The second-order valence-corrected chi connectivity index (χ2v) is 5.42. The summed E-state index contributed by atoms with van der Waals surface area (Å²) in [5, 5.41) is 11.5. The van der Waals surface area contributed by atoms with Crippen LogP contribution in [0.5, 0.6) is 5.75 Å². The Hall–Kier alpha value is -2.55. The minimum atomic E-state index is -1.73. The van der Waals surface area contributed by atoms with Crippen molar-refractivity contribution in [2.45, 2.75) is 0 Å². The van der Waals surface area contributed by atoms with Gasteiger partial charge in [-0.3, -0.25) is 4.79 Å². The van der Waals surface area contributed by atoms with Gasteiger partial charge in [0.15, 0.2) is 24.1 Å². The number of carbonyl (C=O) groups excluding carboxylic acids is 2. The molecule has 0 aliphatic heterocycles. The normalized spacial score (nSPS) is 10.3. The molecule has 9 heteroatoms. The Morgan fingerprint density at radius 3 is 2.54 bits per heavy atom. The minimum Gasteiger partial charge on any atom is -0.507 e. The lowest BCUT2D eigenvalue weighted by atomic mass is 10.2. The second-order valence-electron chi connectivity index (χ2n) is 4.51. The molecule has 0 unspecified atom stereocenters. The molecule has 0 aliphatic rings. The van der Waals surface area contributed by atoms with E-state index in [1.807, 2.05) is 5.32 Å². The van der Waals surface area contributed by atoms with Gasteiger partial charge in [0.1, 0.15) is 11.3 Å². The number of hydrogen-bond donors (Lipinski definition) is 2. The van der Waals surface area contributed by atoms with Crippen LogP contribution in [0.1, 0.15) is 10.4 Å². The van der Waals surface area contributed by atoms with E-state index in [1.165, 1.54) is 18.2 Å². The van der Waals surface area contributed by atoms with Gasteiger partial charge in [-0.2, -0.15) is 0 Å². The predicted octanol–water partition coefficient (Wildman–Crippen LogP) is 3.37. The quantitative estimate of drug-likeness (QED) is 0.606. The minimum absolute atomic E-state index is 0.184. The third kappa shape index (κ3) is 4.05. The fourth-order valence-corrected chi connectivity index (χ4v) is 2.05. The largest absolute Gasteiger partial charge is 0.507 e. The molecule has 2 aromatic carbocycles. The smallest absolute Gasteiger partial charge is 0.342 e. The first-order valence-electron chi connectivity index (χ1n) is 6.38. The first-order chi connectivity index (χ1) is 11.3. The number of halogens is 4. The Morgan fingerprint density at radius 1 is 1.12 bits per heavy atom. The Bertz CT molecular complexity index is 814. The van der Waals surface area contributed by atoms with Gasteiger partial charge in [0.2, 0.25) is 0 Å². The molecule has 0 spiro atoms. The molecule has 0 heterocycles. The molecule has 0 saturated carbocycles. The molecule has 126 valence electrons. The monoisotopic (exact) mass is 403 g/mol. The fraction of sp³-hybridized carbons (Fsp3) is 0.0667. The molecule has 0 radical (unpaired) electrons. The lowest BCUT2D eigenvalue weighted by molar-refractivity contribution is -0.119. The van der Waals surface area contributed by atoms with Gasteiger partial charge in [-0.15, -0.1) is 0 Å². The van der Waals surface area contributed by atoms with E-state index in [2.05, 4.69) is 20.7 Å². The van der Waals surface area contributed by atoms with Crippen molar-refractivity contribution >= 4 is 33.5 Å². The molecular formula is C15H9BrF3NO4. The summed E-state index contributed by atoms with van der Waals surface area (Å²) in [6, 6.07) is 5.49. The SMILES string of the molecule is O=C(COC(=O)c1cc(Br)ccc1O)Nc1ccc(F)c(F)c1F. The van der Waals surface area contributed by atoms with E-state index in [0.29, 0.717) is 10.5 Å². The van der Waals surface area contributed by atoms with Crippen LogP contribution < -0.4 is 5.32 Å². The second kappa shape index (κ2) is 7.35. The van der Waals surface area contributed by atoms with Gasteiger partial charge >= 0.3 is 5.97 Å². The van der Waals surface area contributed by atoms with Gasteiger partial charge in [0.05, 0.1) is 5.69 Å². The van der Waals surface area contributed by atoms with Crippen LogP contribution in [0.2, 0.25) is 0 Å². The predicted molar refractivity (Wildman–Crippen MR) is 81.0 cm³/mol.